The number of ether oxygens (including phenoxy) is 1. The number of halogens is 1. The van der Waals surface area contributed by atoms with Crippen LogP contribution in [0.1, 0.15) is 24.8 Å². The molecule has 23 heavy (non-hydrogen) atoms. The molecule has 2 atom stereocenters. The molecule has 1 aromatic rings. The third-order valence-corrected chi connectivity index (χ3v) is 3.65. The zero-order valence-electron chi connectivity index (χ0n) is 13.0. The van der Waals surface area contributed by atoms with Gasteiger partial charge in [0.1, 0.15) is 6.10 Å². The molecule has 0 bridgehead atoms. The molecule has 2 amide bonds. The minimum Gasteiger partial charge on any atom is -0.364 e. The van der Waals surface area contributed by atoms with E-state index in [9.17, 15) is 9.59 Å². The maximum atomic E-state index is 11.9. The molecule has 0 saturated carbocycles. The number of carbonyl (C=O) groups is 2. The molecule has 2 rings (SSSR count). The van der Waals surface area contributed by atoms with E-state index in [2.05, 4.69) is 10.6 Å². The van der Waals surface area contributed by atoms with Gasteiger partial charge in [-0.3, -0.25) is 9.59 Å². The molecular weight excluding hydrogens is 318 g/mol. The Morgan fingerprint density at radius 3 is 2.57 bits per heavy atom. The molecule has 0 aromatic heterocycles. The summed E-state index contributed by atoms with van der Waals surface area (Å²) in [4.78, 5) is 23.6. The van der Waals surface area contributed by atoms with E-state index in [4.69, 9.17) is 10.5 Å². The summed E-state index contributed by atoms with van der Waals surface area (Å²) in [5.41, 5.74) is 6.56. The maximum Gasteiger partial charge on any atom is 0.249 e. The van der Waals surface area contributed by atoms with Crippen molar-refractivity contribution in [2.24, 2.45) is 5.73 Å². The minimum absolute atomic E-state index is 0. The van der Waals surface area contributed by atoms with Crippen LogP contribution in [0.4, 0.5) is 0 Å². The van der Waals surface area contributed by atoms with Crippen molar-refractivity contribution in [2.75, 3.05) is 13.1 Å². The van der Waals surface area contributed by atoms with E-state index in [-0.39, 0.29) is 36.7 Å². The molecule has 6 nitrogen and oxygen atoms in total. The molecule has 7 heteroatoms. The highest BCUT2D eigenvalue weighted by Crippen LogP contribution is 2.18. The van der Waals surface area contributed by atoms with Crippen LogP contribution in [0.2, 0.25) is 0 Å². The van der Waals surface area contributed by atoms with E-state index >= 15 is 0 Å². The summed E-state index contributed by atoms with van der Waals surface area (Å²) in [6.45, 7) is 1.25. The number of rotatable bonds is 7. The van der Waals surface area contributed by atoms with E-state index < -0.39 is 6.10 Å². The van der Waals surface area contributed by atoms with E-state index in [0.717, 1.165) is 12.0 Å². The van der Waals surface area contributed by atoms with Crippen molar-refractivity contribution in [1.29, 1.82) is 0 Å². The Kier molecular flexibility index (Phi) is 8.61. The second-order valence-electron chi connectivity index (χ2n) is 5.36. The summed E-state index contributed by atoms with van der Waals surface area (Å²) in [7, 11) is 0. The molecule has 128 valence electrons. The van der Waals surface area contributed by atoms with E-state index in [1.54, 1.807) is 0 Å². The molecule has 0 unspecified atom stereocenters. The van der Waals surface area contributed by atoms with Gasteiger partial charge in [-0.15, -0.1) is 12.4 Å². The summed E-state index contributed by atoms with van der Waals surface area (Å²) in [5.74, 6) is -0.247. The quantitative estimate of drug-likeness (QED) is 0.682. The predicted molar refractivity (Wildman–Crippen MR) is 90.1 cm³/mol. The van der Waals surface area contributed by atoms with Crippen LogP contribution in [0.15, 0.2) is 30.3 Å². The smallest absolute Gasteiger partial charge is 0.249 e. The maximum absolute atomic E-state index is 11.9. The van der Waals surface area contributed by atoms with Gasteiger partial charge in [0.05, 0.1) is 6.10 Å². The van der Waals surface area contributed by atoms with Crippen molar-refractivity contribution in [3.63, 3.8) is 0 Å². The Morgan fingerprint density at radius 2 is 1.91 bits per heavy atom. The molecule has 1 aliphatic heterocycles. The largest absolute Gasteiger partial charge is 0.364 e. The van der Waals surface area contributed by atoms with Gasteiger partial charge in [-0.1, -0.05) is 30.3 Å². The molecule has 0 spiro atoms. The van der Waals surface area contributed by atoms with Crippen LogP contribution in [0.5, 0.6) is 0 Å². The Hall–Kier alpha value is -1.63. The van der Waals surface area contributed by atoms with Crippen molar-refractivity contribution >= 4 is 24.2 Å². The Bertz CT molecular complexity index is 499. The van der Waals surface area contributed by atoms with Gasteiger partial charge in [0.15, 0.2) is 0 Å². The normalized spacial score (nSPS) is 19.7. The fourth-order valence-electron chi connectivity index (χ4n) is 2.37. The fraction of sp³-hybridized carbons (Fsp3) is 0.500. The highest BCUT2D eigenvalue weighted by Gasteiger charge is 2.29. The van der Waals surface area contributed by atoms with Gasteiger partial charge in [0.25, 0.3) is 0 Å². The summed E-state index contributed by atoms with van der Waals surface area (Å²) < 4.78 is 5.50. The zero-order chi connectivity index (χ0) is 15.8. The fourth-order valence-corrected chi connectivity index (χ4v) is 2.37. The topological polar surface area (TPSA) is 93.5 Å². The van der Waals surface area contributed by atoms with Crippen LogP contribution in [0.3, 0.4) is 0 Å². The van der Waals surface area contributed by atoms with Crippen LogP contribution in [0.25, 0.3) is 0 Å². The van der Waals surface area contributed by atoms with Crippen molar-refractivity contribution in [3.05, 3.63) is 35.9 Å². The molecular formula is C16H24ClN3O3. The van der Waals surface area contributed by atoms with Gasteiger partial charge < -0.3 is 21.1 Å². The van der Waals surface area contributed by atoms with Crippen LogP contribution >= 0.6 is 12.4 Å². The van der Waals surface area contributed by atoms with Gasteiger partial charge >= 0.3 is 0 Å². The summed E-state index contributed by atoms with van der Waals surface area (Å²) in [5, 5.41) is 5.55. The minimum atomic E-state index is -0.430. The predicted octanol–water partition coefficient (Wildman–Crippen LogP) is 0.737. The molecule has 0 radical (unpaired) electrons. The average molecular weight is 342 g/mol. The lowest BCUT2D eigenvalue weighted by Gasteiger charge is -2.12. The first-order chi connectivity index (χ1) is 10.7. The average Bonchev–Trinajstić information content (AvgIpc) is 3.03. The number of hydrogen-bond acceptors (Lipinski definition) is 4. The van der Waals surface area contributed by atoms with E-state index in [0.29, 0.717) is 26.1 Å². The first-order valence-electron chi connectivity index (χ1n) is 7.63. The summed E-state index contributed by atoms with van der Waals surface area (Å²) in [6, 6.07) is 9.69. The molecule has 4 N–H and O–H groups in total. The second kappa shape index (κ2) is 10.2. The number of nitrogens with one attached hydrogen (secondary N) is 2. The lowest BCUT2D eigenvalue weighted by atomic mass is 10.2. The number of nitrogens with two attached hydrogens (primary N) is 1. The summed E-state index contributed by atoms with van der Waals surface area (Å²) in [6.07, 6.45) is 1.30. The highest BCUT2D eigenvalue weighted by atomic mass is 35.5. The van der Waals surface area contributed by atoms with Crippen molar-refractivity contribution in [3.8, 4) is 0 Å². The van der Waals surface area contributed by atoms with Crippen molar-refractivity contribution in [1.82, 2.24) is 10.6 Å². The Morgan fingerprint density at radius 1 is 1.17 bits per heavy atom. The van der Waals surface area contributed by atoms with Crippen LogP contribution in [-0.4, -0.2) is 37.1 Å². The Balaban J connectivity index is 0.00000264. The van der Waals surface area contributed by atoms with Gasteiger partial charge in [-0.05, 0) is 18.4 Å². The van der Waals surface area contributed by atoms with Crippen LogP contribution in [0, 0.1) is 0 Å². The second-order valence-corrected chi connectivity index (χ2v) is 5.36. The highest BCUT2D eigenvalue weighted by molar-refractivity contribution is 5.85. The number of carbonyl (C=O) groups excluding carboxylic acids is 2. The van der Waals surface area contributed by atoms with Crippen molar-refractivity contribution in [2.45, 2.75) is 38.0 Å². The lowest BCUT2D eigenvalue weighted by Crippen LogP contribution is -2.37. The number of hydrogen-bond donors (Lipinski definition) is 3. The molecule has 1 aliphatic rings. The van der Waals surface area contributed by atoms with E-state index in [1.807, 2.05) is 30.3 Å². The molecule has 1 heterocycles. The SMILES string of the molecule is Cl.NC[C@H]1CC[C@@H](C(=O)NCCC(=O)NCc2ccccc2)O1. The molecule has 1 saturated heterocycles. The van der Waals surface area contributed by atoms with Crippen LogP contribution in [-0.2, 0) is 20.9 Å². The van der Waals surface area contributed by atoms with Crippen LogP contribution < -0.4 is 16.4 Å². The van der Waals surface area contributed by atoms with Crippen molar-refractivity contribution < 1.29 is 14.3 Å². The monoisotopic (exact) mass is 341 g/mol. The third-order valence-electron chi connectivity index (χ3n) is 3.65. The molecule has 1 aromatic carbocycles. The van der Waals surface area contributed by atoms with Gasteiger partial charge in [-0.25, -0.2) is 0 Å². The summed E-state index contributed by atoms with van der Waals surface area (Å²) >= 11 is 0. The lowest BCUT2D eigenvalue weighted by molar-refractivity contribution is -0.131. The Labute approximate surface area is 142 Å². The molecule has 0 aliphatic carbocycles. The van der Waals surface area contributed by atoms with E-state index in [1.165, 1.54) is 0 Å². The third kappa shape index (κ3) is 6.56. The molecule has 1 fully saturated rings. The first-order valence-corrected chi connectivity index (χ1v) is 7.63. The number of amides is 2. The first kappa shape index (κ1) is 19.4. The van der Waals surface area contributed by atoms with Gasteiger partial charge in [0, 0.05) is 26.1 Å². The number of benzene rings is 1. The van der Waals surface area contributed by atoms with Gasteiger partial charge in [-0.2, -0.15) is 0 Å². The zero-order valence-corrected chi connectivity index (χ0v) is 13.8. The van der Waals surface area contributed by atoms with Gasteiger partial charge in [0.2, 0.25) is 11.8 Å². The standard InChI is InChI=1S/C16H23N3O3.ClH/c17-10-13-6-7-14(22-13)16(21)18-9-8-15(20)19-11-12-4-2-1-3-5-12;/h1-5,13-14H,6-11,17H2,(H,18,21)(H,19,20);1H/t13-,14+;/m1./s1.